The van der Waals surface area contributed by atoms with Gasteiger partial charge in [0.15, 0.2) is 5.16 Å². The molecule has 23 heavy (non-hydrogen) atoms. The highest BCUT2D eigenvalue weighted by Gasteiger charge is 2.07. The van der Waals surface area contributed by atoms with E-state index in [-0.39, 0.29) is 5.82 Å². The second-order valence-electron chi connectivity index (χ2n) is 5.00. The number of benzene rings is 2. The Morgan fingerprint density at radius 3 is 2.70 bits per heavy atom. The van der Waals surface area contributed by atoms with Crippen LogP contribution in [0, 0.1) is 5.82 Å². The van der Waals surface area contributed by atoms with Crippen LogP contribution in [0.1, 0.15) is 5.69 Å². The van der Waals surface area contributed by atoms with Crippen LogP contribution < -0.4 is 0 Å². The first kappa shape index (κ1) is 14.4. The average molecular weight is 341 g/mol. The fraction of sp³-hybridized carbons (Fsp3) is 0.0588. The van der Waals surface area contributed by atoms with E-state index in [0.717, 1.165) is 38.2 Å². The van der Waals surface area contributed by atoms with E-state index in [9.17, 15) is 4.39 Å². The zero-order valence-electron chi connectivity index (χ0n) is 12.0. The van der Waals surface area contributed by atoms with Crippen LogP contribution in [0.4, 0.5) is 4.39 Å². The Morgan fingerprint density at radius 1 is 1.04 bits per heavy atom. The van der Waals surface area contributed by atoms with Crippen molar-refractivity contribution in [3.05, 3.63) is 65.4 Å². The summed E-state index contributed by atoms with van der Waals surface area (Å²) in [7, 11) is 0. The summed E-state index contributed by atoms with van der Waals surface area (Å²) in [5.41, 5.74) is 3.96. The molecule has 0 saturated heterocycles. The molecule has 4 rings (SSSR count). The predicted octanol–water partition coefficient (Wildman–Crippen LogP) is 5.12. The second kappa shape index (κ2) is 6.14. The first-order valence-corrected chi connectivity index (χ1v) is 8.92. The molecule has 0 aliphatic rings. The van der Waals surface area contributed by atoms with Crippen molar-refractivity contribution in [2.45, 2.75) is 10.9 Å². The van der Waals surface area contributed by atoms with Crippen molar-refractivity contribution in [3.8, 4) is 10.6 Å². The summed E-state index contributed by atoms with van der Waals surface area (Å²) in [5.74, 6) is 0.517. The number of rotatable bonds is 4. The van der Waals surface area contributed by atoms with Crippen molar-refractivity contribution in [2.24, 2.45) is 0 Å². The van der Waals surface area contributed by atoms with Gasteiger partial charge in [0.1, 0.15) is 10.8 Å². The van der Waals surface area contributed by atoms with Crippen molar-refractivity contribution >= 4 is 34.1 Å². The number of aromatic amines is 1. The van der Waals surface area contributed by atoms with E-state index in [0.29, 0.717) is 0 Å². The highest BCUT2D eigenvalue weighted by atomic mass is 32.2. The standard InChI is InChI=1S/C17H12FN3S2/c18-12-7-5-11(6-8-12)16-19-13(9-22-16)10-23-17-20-14-3-1-2-4-15(14)21-17/h1-9H,10H2,(H,20,21). The molecule has 4 aromatic rings. The molecule has 3 nitrogen and oxygen atoms in total. The van der Waals surface area contributed by atoms with Gasteiger partial charge in [-0.1, -0.05) is 23.9 Å². The van der Waals surface area contributed by atoms with Crippen molar-refractivity contribution < 1.29 is 4.39 Å². The number of nitrogens with one attached hydrogen (secondary N) is 1. The minimum absolute atomic E-state index is 0.231. The molecule has 6 heteroatoms. The molecule has 0 aliphatic heterocycles. The maximum absolute atomic E-state index is 13.0. The van der Waals surface area contributed by atoms with Crippen molar-refractivity contribution in [1.29, 1.82) is 0 Å². The number of para-hydroxylation sites is 2. The van der Waals surface area contributed by atoms with Crippen LogP contribution in [0.3, 0.4) is 0 Å². The summed E-state index contributed by atoms with van der Waals surface area (Å²) in [6, 6.07) is 14.4. The number of nitrogens with zero attached hydrogens (tertiary/aromatic N) is 2. The smallest absolute Gasteiger partial charge is 0.166 e. The van der Waals surface area contributed by atoms with E-state index in [2.05, 4.69) is 15.0 Å². The lowest BCUT2D eigenvalue weighted by atomic mass is 10.2. The van der Waals surface area contributed by atoms with Crippen molar-refractivity contribution in [3.63, 3.8) is 0 Å². The largest absolute Gasteiger partial charge is 0.333 e. The molecule has 0 aliphatic carbocycles. The number of fused-ring (bicyclic) bond motifs is 1. The number of imidazole rings is 1. The van der Waals surface area contributed by atoms with Gasteiger partial charge in [0.25, 0.3) is 0 Å². The molecule has 2 aromatic carbocycles. The van der Waals surface area contributed by atoms with E-state index in [1.807, 2.05) is 29.6 Å². The highest BCUT2D eigenvalue weighted by Crippen LogP contribution is 2.28. The maximum Gasteiger partial charge on any atom is 0.166 e. The molecule has 0 saturated carbocycles. The molecule has 0 spiro atoms. The first-order valence-electron chi connectivity index (χ1n) is 7.06. The van der Waals surface area contributed by atoms with Crippen LogP contribution in [-0.4, -0.2) is 15.0 Å². The number of aromatic nitrogens is 3. The summed E-state index contributed by atoms with van der Waals surface area (Å²) in [6.45, 7) is 0. The molecular formula is C17H12FN3S2. The third kappa shape index (κ3) is 3.13. The summed E-state index contributed by atoms with van der Waals surface area (Å²) in [6.07, 6.45) is 0. The van der Waals surface area contributed by atoms with E-state index < -0.39 is 0 Å². The average Bonchev–Trinajstić information content (AvgIpc) is 3.20. The van der Waals surface area contributed by atoms with Gasteiger partial charge in [0.05, 0.1) is 16.7 Å². The normalized spacial score (nSPS) is 11.2. The Bertz CT molecular complexity index is 911. The number of halogens is 1. The fourth-order valence-electron chi connectivity index (χ4n) is 2.24. The molecule has 0 bridgehead atoms. The SMILES string of the molecule is Fc1ccc(-c2nc(CSc3nc4ccccc4[nH]3)cs2)cc1. The number of thiazole rings is 1. The molecule has 2 aromatic heterocycles. The summed E-state index contributed by atoms with van der Waals surface area (Å²) >= 11 is 3.20. The maximum atomic E-state index is 13.0. The second-order valence-corrected chi connectivity index (χ2v) is 6.82. The van der Waals surface area contributed by atoms with Gasteiger partial charge in [0.2, 0.25) is 0 Å². The molecule has 0 amide bonds. The monoisotopic (exact) mass is 341 g/mol. The lowest BCUT2D eigenvalue weighted by molar-refractivity contribution is 0.628. The van der Waals surface area contributed by atoms with Crippen LogP contribution in [0.2, 0.25) is 0 Å². The van der Waals surface area contributed by atoms with E-state index in [1.165, 1.54) is 12.1 Å². The first-order chi connectivity index (χ1) is 11.3. The Kier molecular flexibility index (Phi) is 3.85. The molecule has 1 N–H and O–H groups in total. The molecule has 0 radical (unpaired) electrons. The van der Waals surface area contributed by atoms with Crippen LogP contribution >= 0.6 is 23.1 Å². The zero-order valence-corrected chi connectivity index (χ0v) is 13.6. The molecular weight excluding hydrogens is 329 g/mol. The third-order valence-electron chi connectivity index (χ3n) is 3.37. The Morgan fingerprint density at radius 2 is 1.87 bits per heavy atom. The van der Waals surface area contributed by atoms with E-state index in [4.69, 9.17) is 0 Å². The summed E-state index contributed by atoms with van der Waals surface area (Å²) < 4.78 is 13.0. The number of hydrogen-bond donors (Lipinski definition) is 1. The lowest BCUT2D eigenvalue weighted by Crippen LogP contribution is -1.83. The zero-order chi connectivity index (χ0) is 15.6. The molecule has 0 unspecified atom stereocenters. The molecule has 2 heterocycles. The summed E-state index contributed by atoms with van der Waals surface area (Å²) in [4.78, 5) is 12.5. The van der Waals surface area contributed by atoms with Gasteiger partial charge in [-0.25, -0.2) is 14.4 Å². The van der Waals surface area contributed by atoms with Gasteiger partial charge in [0, 0.05) is 16.7 Å². The van der Waals surface area contributed by atoms with Crippen LogP contribution in [0.15, 0.2) is 59.1 Å². The summed E-state index contributed by atoms with van der Waals surface area (Å²) in [5, 5.41) is 3.83. The Balaban J connectivity index is 1.48. The van der Waals surface area contributed by atoms with Crippen molar-refractivity contribution in [2.75, 3.05) is 0 Å². The highest BCUT2D eigenvalue weighted by molar-refractivity contribution is 7.98. The third-order valence-corrected chi connectivity index (χ3v) is 5.21. The fourth-order valence-corrected chi connectivity index (χ4v) is 3.95. The van der Waals surface area contributed by atoms with Gasteiger partial charge >= 0.3 is 0 Å². The minimum atomic E-state index is -0.231. The van der Waals surface area contributed by atoms with Gasteiger partial charge in [-0.3, -0.25) is 0 Å². The topological polar surface area (TPSA) is 41.6 Å². The minimum Gasteiger partial charge on any atom is -0.333 e. The van der Waals surface area contributed by atoms with Crippen LogP contribution in [0.5, 0.6) is 0 Å². The number of hydrogen-bond acceptors (Lipinski definition) is 4. The Hall–Kier alpha value is -2.18. The Labute approximate surface area is 140 Å². The van der Waals surface area contributed by atoms with Crippen molar-refractivity contribution in [1.82, 2.24) is 15.0 Å². The predicted molar refractivity (Wildman–Crippen MR) is 93.2 cm³/mol. The van der Waals surface area contributed by atoms with E-state index >= 15 is 0 Å². The van der Waals surface area contributed by atoms with Gasteiger partial charge in [-0.2, -0.15) is 0 Å². The molecule has 0 fully saturated rings. The molecule has 114 valence electrons. The van der Waals surface area contributed by atoms with Gasteiger partial charge in [-0.15, -0.1) is 11.3 Å². The number of thioether (sulfide) groups is 1. The lowest BCUT2D eigenvalue weighted by Gasteiger charge is -1.96. The van der Waals surface area contributed by atoms with Crippen LogP contribution in [0.25, 0.3) is 21.6 Å². The molecule has 0 atom stereocenters. The quantitative estimate of drug-likeness (QED) is 0.524. The van der Waals surface area contributed by atoms with Gasteiger partial charge < -0.3 is 4.98 Å². The number of H-pyrrole nitrogens is 1. The van der Waals surface area contributed by atoms with Crippen LogP contribution in [-0.2, 0) is 5.75 Å². The van der Waals surface area contributed by atoms with E-state index in [1.54, 1.807) is 35.2 Å². The van der Waals surface area contributed by atoms with Gasteiger partial charge in [-0.05, 0) is 36.4 Å².